The van der Waals surface area contributed by atoms with E-state index in [4.69, 9.17) is 25.8 Å². The normalized spacial score (nSPS) is 15.8. The Morgan fingerprint density at radius 3 is 1.57 bits per heavy atom. The molecule has 0 aliphatic heterocycles. The summed E-state index contributed by atoms with van der Waals surface area (Å²) in [5, 5.41) is 24.7. The van der Waals surface area contributed by atoms with Crippen molar-refractivity contribution in [1.82, 2.24) is 0 Å². The number of carboxylic acids is 2. The van der Waals surface area contributed by atoms with Crippen molar-refractivity contribution in [3.8, 4) is 0 Å². The number of carbonyl (C=O) groups is 2. The van der Waals surface area contributed by atoms with Gasteiger partial charge in [-0.15, -0.1) is 0 Å². The molecule has 0 fully saturated rings. The molecule has 2 unspecified atom stereocenters. The first-order chi connectivity index (χ1) is 6.20. The summed E-state index contributed by atoms with van der Waals surface area (Å²) in [7, 11) is 0. The highest BCUT2D eigenvalue weighted by Crippen LogP contribution is 2.05. The van der Waals surface area contributed by atoms with Crippen LogP contribution in [0.25, 0.3) is 0 Å². The molecular weight excluding hydrogens is 190 g/mol. The quantitative estimate of drug-likeness (QED) is 0.495. The maximum Gasteiger partial charge on any atom is 0.320 e. The van der Waals surface area contributed by atoms with Gasteiger partial charge >= 0.3 is 5.97 Å². The topological polar surface area (TPSA) is 121 Å². The Morgan fingerprint density at radius 1 is 1.21 bits per heavy atom. The van der Waals surface area contributed by atoms with Gasteiger partial charge in [-0.3, -0.25) is 9.59 Å². The molecule has 5 N–H and O–H groups in total. The molecule has 0 rings (SSSR count). The van der Waals surface area contributed by atoms with Crippen LogP contribution in [-0.4, -0.2) is 39.4 Å². The minimum absolute atomic E-state index is 0.405. The van der Waals surface area contributed by atoms with Crippen LogP contribution in [0.4, 0.5) is 0 Å². The summed E-state index contributed by atoms with van der Waals surface area (Å²) >= 11 is 0. The number of aliphatic hydroxyl groups excluding tert-OH is 1. The molecule has 0 bridgehead atoms. The third kappa shape index (κ3) is 8.95. The molecule has 0 aromatic heterocycles. The number of aliphatic hydroxyl groups is 1. The molecule has 0 radical (unpaired) electrons. The van der Waals surface area contributed by atoms with Crippen LogP contribution in [0.1, 0.15) is 20.8 Å². The molecule has 0 aromatic rings. The standard InChI is InChI=1S/C6H13NO3.C2H4O2/c1-3(4(2)8)5(7)6(9)10;1-2(3)4/h3-5,8H,7H2,1-2H3,(H,9,10);1H3,(H,3,4)/t3?,4?,5-;/m0./s1. The van der Waals surface area contributed by atoms with E-state index in [2.05, 4.69) is 0 Å². The number of hydrogen-bond donors (Lipinski definition) is 4. The zero-order chi connectivity index (χ0) is 11.9. The number of hydrogen-bond acceptors (Lipinski definition) is 4. The Labute approximate surface area is 82.3 Å². The van der Waals surface area contributed by atoms with Gasteiger partial charge in [-0.1, -0.05) is 6.92 Å². The molecule has 3 atom stereocenters. The smallest absolute Gasteiger partial charge is 0.320 e. The van der Waals surface area contributed by atoms with Crippen molar-refractivity contribution >= 4 is 11.9 Å². The molecule has 84 valence electrons. The van der Waals surface area contributed by atoms with Crippen molar-refractivity contribution < 1.29 is 24.9 Å². The van der Waals surface area contributed by atoms with Crippen LogP contribution < -0.4 is 5.73 Å². The van der Waals surface area contributed by atoms with Crippen LogP contribution in [-0.2, 0) is 9.59 Å². The fourth-order valence-electron chi connectivity index (χ4n) is 0.525. The van der Waals surface area contributed by atoms with Gasteiger partial charge in [0, 0.05) is 12.8 Å². The van der Waals surface area contributed by atoms with E-state index >= 15 is 0 Å². The lowest BCUT2D eigenvalue weighted by molar-refractivity contribution is -0.140. The van der Waals surface area contributed by atoms with E-state index < -0.39 is 30.0 Å². The third-order valence-corrected chi connectivity index (χ3v) is 1.61. The monoisotopic (exact) mass is 207 g/mol. The Balaban J connectivity index is 0. The van der Waals surface area contributed by atoms with Gasteiger partial charge in [-0.05, 0) is 6.92 Å². The molecule has 14 heavy (non-hydrogen) atoms. The molecule has 0 aliphatic rings. The SMILES string of the molecule is CC(=O)O.CC(O)C(C)[C@H](N)C(=O)O. The highest BCUT2D eigenvalue weighted by molar-refractivity contribution is 5.73. The van der Waals surface area contributed by atoms with Gasteiger partial charge in [0.15, 0.2) is 0 Å². The second kappa shape index (κ2) is 7.28. The van der Waals surface area contributed by atoms with Gasteiger partial charge in [-0.25, -0.2) is 0 Å². The minimum atomic E-state index is -1.08. The van der Waals surface area contributed by atoms with Gasteiger partial charge in [0.1, 0.15) is 6.04 Å². The van der Waals surface area contributed by atoms with Gasteiger partial charge in [-0.2, -0.15) is 0 Å². The third-order valence-electron chi connectivity index (χ3n) is 1.61. The van der Waals surface area contributed by atoms with E-state index in [0.29, 0.717) is 0 Å². The summed E-state index contributed by atoms with van der Waals surface area (Å²) in [5.74, 6) is -2.31. The fourth-order valence-corrected chi connectivity index (χ4v) is 0.525. The maximum atomic E-state index is 10.2. The number of nitrogens with two attached hydrogens (primary N) is 1. The van der Waals surface area contributed by atoms with Crippen LogP contribution in [0.15, 0.2) is 0 Å². The average molecular weight is 207 g/mol. The molecule has 0 spiro atoms. The lowest BCUT2D eigenvalue weighted by Gasteiger charge is -2.17. The molecule has 0 saturated heterocycles. The second-order valence-corrected chi connectivity index (χ2v) is 2.98. The summed E-state index contributed by atoms with van der Waals surface area (Å²) in [6.07, 6.45) is -0.675. The summed E-state index contributed by atoms with van der Waals surface area (Å²) in [4.78, 5) is 19.2. The van der Waals surface area contributed by atoms with Crippen LogP contribution >= 0.6 is 0 Å². The molecule has 6 nitrogen and oxygen atoms in total. The first-order valence-electron chi connectivity index (χ1n) is 4.06. The Bertz CT molecular complexity index is 188. The zero-order valence-corrected chi connectivity index (χ0v) is 8.47. The lowest BCUT2D eigenvalue weighted by Crippen LogP contribution is -2.41. The highest BCUT2D eigenvalue weighted by Gasteiger charge is 2.23. The molecule has 0 heterocycles. The summed E-state index contributed by atoms with van der Waals surface area (Å²) in [6.45, 7) is 4.21. The molecule has 0 amide bonds. The minimum Gasteiger partial charge on any atom is -0.481 e. The van der Waals surface area contributed by atoms with Gasteiger partial charge in [0.25, 0.3) is 5.97 Å². The van der Waals surface area contributed by atoms with E-state index in [1.807, 2.05) is 0 Å². The molecular formula is C8H17NO5. The predicted molar refractivity (Wildman–Crippen MR) is 49.8 cm³/mol. The average Bonchev–Trinajstić information content (AvgIpc) is 2.00. The number of rotatable bonds is 3. The Hall–Kier alpha value is -1.14. The summed E-state index contributed by atoms with van der Waals surface area (Å²) in [5.41, 5.74) is 5.20. The van der Waals surface area contributed by atoms with Gasteiger partial charge in [0.05, 0.1) is 6.10 Å². The van der Waals surface area contributed by atoms with Gasteiger partial charge < -0.3 is 21.1 Å². The molecule has 0 saturated carbocycles. The zero-order valence-electron chi connectivity index (χ0n) is 8.47. The number of aliphatic carboxylic acids is 2. The highest BCUT2D eigenvalue weighted by atomic mass is 16.4. The van der Waals surface area contributed by atoms with Crippen molar-refractivity contribution in [2.24, 2.45) is 11.7 Å². The van der Waals surface area contributed by atoms with E-state index in [1.165, 1.54) is 6.92 Å². The lowest BCUT2D eigenvalue weighted by atomic mass is 9.98. The molecule has 0 aliphatic carbocycles. The largest absolute Gasteiger partial charge is 0.481 e. The van der Waals surface area contributed by atoms with Crippen molar-refractivity contribution in [2.75, 3.05) is 0 Å². The first-order valence-corrected chi connectivity index (χ1v) is 4.06. The summed E-state index contributed by atoms with van der Waals surface area (Å²) < 4.78 is 0. The predicted octanol–water partition coefficient (Wildman–Crippen LogP) is -0.494. The first kappa shape index (κ1) is 15.3. The van der Waals surface area contributed by atoms with E-state index in [-0.39, 0.29) is 0 Å². The van der Waals surface area contributed by atoms with E-state index in [0.717, 1.165) is 6.92 Å². The van der Waals surface area contributed by atoms with Crippen molar-refractivity contribution in [3.05, 3.63) is 0 Å². The van der Waals surface area contributed by atoms with Crippen LogP contribution in [0.5, 0.6) is 0 Å². The van der Waals surface area contributed by atoms with Crippen molar-refractivity contribution in [3.63, 3.8) is 0 Å². The van der Waals surface area contributed by atoms with Crippen LogP contribution in [0.3, 0.4) is 0 Å². The molecule has 0 aromatic carbocycles. The van der Waals surface area contributed by atoms with Gasteiger partial charge in [0.2, 0.25) is 0 Å². The Morgan fingerprint density at radius 2 is 1.50 bits per heavy atom. The fraction of sp³-hybridized carbons (Fsp3) is 0.750. The Kier molecular flexibility index (Phi) is 7.98. The van der Waals surface area contributed by atoms with E-state index in [1.54, 1.807) is 6.92 Å². The van der Waals surface area contributed by atoms with Crippen LogP contribution in [0.2, 0.25) is 0 Å². The number of carboxylic acid groups (broad SMARTS) is 2. The maximum absolute atomic E-state index is 10.2. The van der Waals surface area contributed by atoms with Crippen molar-refractivity contribution in [1.29, 1.82) is 0 Å². The van der Waals surface area contributed by atoms with E-state index in [9.17, 15) is 4.79 Å². The summed E-state index contributed by atoms with van der Waals surface area (Å²) in [6, 6.07) is -0.972. The van der Waals surface area contributed by atoms with Crippen LogP contribution in [0, 0.1) is 5.92 Å². The molecule has 6 heteroatoms. The second-order valence-electron chi connectivity index (χ2n) is 2.98. The van der Waals surface area contributed by atoms with Crippen molar-refractivity contribution in [2.45, 2.75) is 32.9 Å².